The molecule has 10 heteroatoms. The summed E-state index contributed by atoms with van der Waals surface area (Å²) >= 11 is 1.44. The predicted octanol–water partition coefficient (Wildman–Crippen LogP) is 4.27. The van der Waals surface area contributed by atoms with Crippen LogP contribution in [0.25, 0.3) is 0 Å². The van der Waals surface area contributed by atoms with Crippen molar-refractivity contribution in [2.45, 2.75) is 26.0 Å². The Morgan fingerprint density at radius 3 is 2.56 bits per heavy atom. The minimum absolute atomic E-state index is 0.00586. The highest BCUT2D eigenvalue weighted by atomic mass is 32.2. The van der Waals surface area contributed by atoms with Gasteiger partial charge in [-0.3, -0.25) is 4.79 Å². The van der Waals surface area contributed by atoms with Gasteiger partial charge in [0, 0.05) is 30.4 Å². The van der Waals surface area contributed by atoms with Crippen molar-refractivity contribution in [3.8, 4) is 11.5 Å². The van der Waals surface area contributed by atoms with Crippen molar-refractivity contribution in [3.63, 3.8) is 0 Å². The van der Waals surface area contributed by atoms with Crippen LogP contribution in [0.4, 0.5) is 0 Å². The fourth-order valence-electron chi connectivity index (χ4n) is 4.85. The highest BCUT2D eigenvalue weighted by molar-refractivity contribution is 8.16. The maximum absolute atomic E-state index is 13.7. The fraction of sp³-hybridized carbons (Fsp3) is 0.345. The van der Waals surface area contributed by atoms with E-state index in [0.29, 0.717) is 54.2 Å². The molecule has 2 aromatic rings. The fourth-order valence-corrected chi connectivity index (χ4v) is 5.81. The molecule has 2 aromatic carbocycles. The lowest BCUT2D eigenvalue weighted by Gasteiger charge is -2.37. The normalized spacial score (nSPS) is 18.8. The molecular formula is C29H31N3O6S. The Labute approximate surface area is 232 Å². The smallest absolute Gasteiger partial charge is 0.338 e. The zero-order valence-electron chi connectivity index (χ0n) is 22.2. The lowest BCUT2D eigenvalue weighted by Crippen LogP contribution is -2.42. The number of rotatable bonds is 8. The van der Waals surface area contributed by atoms with E-state index in [0.717, 1.165) is 16.8 Å². The van der Waals surface area contributed by atoms with Gasteiger partial charge in [-0.05, 0) is 30.0 Å². The van der Waals surface area contributed by atoms with Crippen molar-refractivity contribution in [2.24, 2.45) is 4.99 Å². The van der Waals surface area contributed by atoms with Gasteiger partial charge >= 0.3 is 5.97 Å². The molecule has 39 heavy (non-hydrogen) atoms. The van der Waals surface area contributed by atoms with Gasteiger partial charge in [-0.2, -0.15) is 0 Å². The van der Waals surface area contributed by atoms with Crippen LogP contribution in [0.2, 0.25) is 0 Å². The molecule has 204 valence electrons. The number of hydrogen-bond donors (Lipinski definition) is 0. The highest BCUT2D eigenvalue weighted by Gasteiger charge is 2.42. The molecule has 3 heterocycles. The molecular weight excluding hydrogens is 518 g/mol. The van der Waals surface area contributed by atoms with Crippen LogP contribution in [0, 0.1) is 0 Å². The number of amides is 1. The summed E-state index contributed by atoms with van der Waals surface area (Å²) in [6, 6.07) is 14.4. The quantitative estimate of drug-likeness (QED) is 0.451. The zero-order chi connectivity index (χ0) is 27.4. The zero-order valence-corrected chi connectivity index (χ0v) is 23.0. The third-order valence-corrected chi connectivity index (χ3v) is 7.75. The maximum atomic E-state index is 13.7. The number of amidine groups is 1. The molecule has 9 nitrogen and oxygen atoms in total. The number of esters is 1. The van der Waals surface area contributed by atoms with Gasteiger partial charge in [-0.25, -0.2) is 9.79 Å². The number of aliphatic imine (C=N–C) groups is 1. The van der Waals surface area contributed by atoms with Crippen molar-refractivity contribution in [1.29, 1.82) is 0 Å². The van der Waals surface area contributed by atoms with E-state index in [9.17, 15) is 9.59 Å². The third kappa shape index (κ3) is 5.67. The van der Waals surface area contributed by atoms with Crippen molar-refractivity contribution < 1.29 is 28.5 Å². The number of methoxy groups -OCH3 is 2. The minimum Gasteiger partial charge on any atom is -0.497 e. The van der Waals surface area contributed by atoms with Gasteiger partial charge in [0.05, 0.1) is 51.2 Å². The Balaban J connectivity index is 1.51. The lowest BCUT2D eigenvalue weighted by molar-refractivity contribution is -0.141. The summed E-state index contributed by atoms with van der Waals surface area (Å²) in [5.41, 5.74) is 3.34. The van der Waals surface area contributed by atoms with Crippen LogP contribution in [0.15, 0.2) is 75.9 Å². The van der Waals surface area contributed by atoms with Crippen molar-refractivity contribution >= 4 is 28.8 Å². The molecule has 0 N–H and O–H groups in total. The maximum Gasteiger partial charge on any atom is 0.338 e. The first kappa shape index (κ1) is 26.8. The van der Waals surface area contributed by atoms with Gasteiger partial charge in [0.25, 0.3) is 0 Å². The summed E-state index contributed by atoms with van der Waals surface area (Å²) in [7, 11) is 3.17. The molecule has 0 aromatic heterocycles. The third-order valence-electron chi connectivity index (χ3n) is 6.86. The van der Waals surface area contributed by atoms with E-state index in [1.807, 2.05) is 64.6 Å². The van der Waals surface area contributed by atoms with E-state index >= 15 is 0 Å². The molecule has 0 aliphatic carbocycles. The molecule has 0 spiro atoms. The van der Waals surface area contributed by atoms with Crippen molar-refractivity contribution in [2.75, 3.05) is 40.5 Å². The van der Waals surface area contributed by atoms with E-state index in [1.54, 1.807) is 20.3 Å². The second-order valence-corrected chi connectivity index (χ2v) is 10.1. The Bertz CT molecular complexity index is 1330. The number of carbonyl (C=O) groups is 2. The van der Waals surface area contributed by atoms with Gasteiger partial charge in [0.15, 0.2) is 5.17 Å². The Morgan fingerprint density at radius 1 is 1.08 bits per heavy atom. The lowest BCUT2D eigenvalue weighted by atomic mass is 9.93. The summed E-state index contributed by atoms with van der Waals surface area (Å²) in [5, 5.41) is 2.63. The Morgan fingerprint density at radius 2 is 1.85 bits per heavy atom. The van der Waals surface area contributed by atoms with E-state index in [2.05, 4.69) is 0 Å². The molecule has 1 saturated heterocycles. The number of fused-ring (bicyclic) bond motifs is 1. The molecule has 5 rings (SSSR count). The number of hydrogen-bond acceptors (Lipinski definition) is 9. The first-order valence-electron chi connectivity index (χ1n) is 12.7. The molecule has 1 amide bonds. The molecule has 3 aliphatic rings. The van der Waals surface area contributed by atoms with Crippen LogP contribution in [0.1, 0.15) is 30.5 Å². The summed E-state index contributed by atoms with van der Waals surface area (Å²) in [4.78, 5) is 35.5. The van der Waals surface area contributed by atoms with Crippen LogP contribution >= 0.6 is 11.8 Å². The van der Waals surface area contributed by atoms with Gasteiger partial charge in [0.1, 0.15) is 18.1 Å². The summed E-state index contributed by atoms with van der Waals surface area (Å²) < 4.78 is 22.4. The Hall–Kier alpha value is -3.76. The average molecular weight is 550 g/mol. The predicted molar refractivity (Wildman–Crippen MR) is 148 cm³/mol. The van der Waals surface area contributed by atoms with Gasteiger partial charge in [-0.15, -0.1) is 0 Å². The first-order chi connectivity index (χ1) is 19.0. The first-order valence-corrected chi connectivity index (χ1v) is 13.6. The average Bonchev–Trinajstić information content (AvgIpc) is 3.37. The second-order valence-electron chi connectivity index (χ2n) is 9.23. The number of thioether (sulfide) groups is 1. The van der Waals surface area contributed by atoms with Crippen molar-refractivity contribution in [1.82, 2.24) is 9.80 Å². The molecule has 0 saturated carbocycles. The SMILES string of the molecule is COc1ccc([C@@H]2C(C(=O)OCc3ccccc3)=C(C)N=C3SC=C(CC(=O)N4CCOCC4)N32)c(OC)c1. The molecule has 1 fully saturated rings. The van der Waals surface area contributed by atoms with Gasteiger partial charge in [-0.1, -0.05) is 42.1 Å². The van der Waals surface area contributed by atoms with E-state index in [4.69, 9.17) is 23.9 Å². The standard InChI is InChI=1S/C29H31N3O6S/c1-19-26(28(34)38-17-20-7-5-4-6-8-20)27(23-10-9-22(35-2)16-24(23)36-3)32-21(18-39-29(32)30-19)15-25(33)31-11-13-37-14-12-31/h4-10,16,18,27H,11-15,17H2,1-3H3/t27-/m1/s1. The number of carbonyl (C=O) groups excluding carboxylic acids is 2. The number of morpholine rings is 1. The topological polar surface area (TPSA) is 89.9 Å². The highest BCUT2D eigenvalue weighted by Crippen LogP contribution is 2.47. The van der Waals surface area contributed by atoms with Gasteiger partial charge in [0.2, 0.25) is 5.91 Å². The van der Waals surface area contributed by atoms with E-state index in [-0.39, 0.29) is 18.9 Å². The number of benzene rings is 2. The molecule has 1 atom stereocenters. The van der Waals surface area contributed by atoms with Crippen LogP contribution in [-0.2, 0) is 25.7 Å². The number of allylic oxidation sites excluding steroid dienone is 1. The van der Waals surface area contributed by atoms with E-state index < -0.39 is 12.0 Å². The van der Waals surface area contributed by atoms with E-state index in [1.165, 1.54) is 11.8 Å². The van der Waals surface area contributed by atoms with Crippen molar-refractivity contribution in [3.05, 3.63) is 82.0 Å². The van der Waals surface area contributed by atoms with Crippen LogP contribution in [0.5, 0.6) is 11.5 Å². The molecule has 0 bridgehead atoms. The summed E-state index contributed by atoms with van der Waals surface area (Å²) in [6.45, 7) is 4.12. The largest absolute Gasteiger partial charge is 0.497 e. The van der Waals surface area contributed by atoms with Crippen LogP contribution in [-0.4, -0.2) is 67.4 Å². The summed E-state index contributed by atoms with van der Waals surface area (Å²) in [6.07, 6.45) is 0.173. The second kappa shape index (κ2) is 12.0. The minimum atomic E-state index is -0.611. The van der Waals surface area contributed by atoms with Crippen LogP contribution in [0.3, 0.4) is 0 Å². The number of nitrogens with zero attached hydrogens (tertiary/aromatic N) is 3. The number of ether oxygens (including phenoxy) is 4. The van der Waals surface area contributed by atoms with Gasteiger partial charge < -0.3 is 28.7 Å². The molecule has 0 radical (unpaired) electrons. The monoisotopic (exact) mass is 549 g/mol. The molecule has 3 aliphatic heterocycles. The molecule has 0 unspecified atom stereocenters. The van der Waals surface area contributed by atoms with Crippen LogP contribution < -0.4 is 9.47 Å². The summed E-state index contributed by atoms with van der Waals surface area (Å²) in [5.74, 6) is 0.713. The Kier molecular flexibility index (Phi) is 8.23.